The molecule has 24 heavy (non-hydrogen) atoms. The lowest BCUT2D eigenvalue weighted by molar-refractivity contribution is -0.141. The molecule has 1 aromatic heterocycles. The van der Waals surface area contributed by atoms with E-state index < -0.39 is 11.9 Å². The largest absolute Gasteiger partial charge is 0.481 e. The minimum Gasteiger partial charge on any atom is -0.481 e. The van der Waals surface area contributed by atoms with Gasteiger partial charge in [0.2, 0.25) is 0 Å². The Labute approximate surface area is 139 Å². The first kappa shape index (κ1) is 14.9. The van der Waals surface area contributed by atoms with Crippen LogP contribution in [0.5, 0.6) is 0 Å². The number of fused-ring (bicyclic) bond motifs is 1. The first-order valence-corrected chi connectivity index (χ1v) is 8.33. The smallest absolute Gasteiger partial charge is 0.308 e. The maximum atomic E-state index is 12.9. The number of hydrogen-bond acceptors (Lipinski definition) is 3. The number of aromatic nitrogens is 2. The highest BCUT2D eigenvalue weighted by Gasteiger charge is 2.35. The molecule has 1 aliphatic carbocycles. The number of carbonyl (C=O) groups excluding carboxylic acids is 1. The minimum atomic E-state index is -0.828. The van der Waals surface area contributed by atoms with Gasteiger partial charge in [-0.3, -0.25) is 9.59 Å². The summed E-state index contributed by atoms with van der Waals surface area (Å²) in [4.78, 5) is 25.6. The SMILES string of the molecule is O=C(O)C1CCN(C(=O)c2nn(-c3ccccc3)c3c2CCC3)C1. The lowest BCUT2D eigenvalue weighted by Gasteiger charge is -2.14. The molecule has 1 saturated heterocycles. The molecule has 1 fully saturated rings. The number of carboxylic acids is 1. The predicted octanol–water partition coefficient (Wildman–Crippen LogP) is 1.91. The highest BCUT2D eigenvalue weighted by atomic mass is 16.4. The van der Waals surface area contributed by atoms with Crippen LogP contribution in [0.1, 0.15) is 34.6 Å². The van der Waals surface area contributed by atoms with Gasteiger partial charge in [0.25, 0.3) is 5.91 Å². The summed E-state index contributed by atoms with van der Waals surface area (Å²) >= 11 is 0. The third kappa shape index (κ3) is 2.38. The Hall–Kier alpha value is -2.63. The highest BCUT2D eigenvalue weighted by molar-refractivity contribution is 5.95. The molecule has 0 saturated carbocycles. The van der Waals surface area contributed by atoms with Crippen LogP contribution in [0.25, 0.3) is 5.69 Å². The van der Waals surface area contributed by atoms with Crippen LogP contribution in [0, 0.1) is 5.92 Å². The molecule has 4 rings (SSSR count). The number of benzene rings is 1. The fourth-order valence-corrected chi connectivity index (χ4v) is 3.69. The van der Waals surface area contributed by atoms with Gasteiger partial charge in [-0.15, -0.1) is 0 Å². The number of likely N-dealkylation sites (tertiary alicyclic amines) is 1. The quantitative estimate of drug-likeness (QED) is 0.935. The van der Waals surface area contributed by atoms with Crippen LogP contribution in [0.2, 0.25) is 0 Å². The van der Waals surface area contributed by atoms with Gasteiger partial charge in [0.1, 0.15) is 0 Å². The van der Waals surface area contributed by atoms with Crippen molar-refractivity contribution in [1.82, 2.24) is 14.7 Å². The second-order valence-electron chi connectivity index (χ2n) is 6.45. The van der Waals surface area contributed by atoms with E-state index in [0.717, 1.165) is 36.2 Å². The van der Waals surface area contributed by atoms with Crippen molar-refractivity contribution in [2.24, 2.45) is 5.92 Å². The van der Waals surface area contributed by atoms with E-state index in [2.05, 4.69) is 5.10 Å². The maximum absolute atomic E-state index is 12.9. The molecule has 2 aliphatic rings. The number of amides is 1. The third-order valence-corrected chi connectivity index (χ3v) is 4.96. The molecule has 124 valence electrons. The molecular weight excluding hydrogens is 306 g/mol. The number of para-hydroxylation sites is 1. The van der Waals surface area contributed by atoms with Crippen molar-refractivity contribution < 1.29 is 14.7 Å². The van der Waals surface area contributed by atoms with E-state index in [9.17, 15) is 9.59 Å². The first-order valence-electron chi connectivity index (χ1n) is 8.33. The molecule has 1 N–H and O–H groups in total. The zero-order valence-corrected chi connectivity index (χ0v) is 13.3. The molecule has 1 aromatic carbocycles. The van der Waals surface area contributed by atoms with Crippen LogP contribution in [0.15, 0.2) is 30.3 Å². The number of rotatable bonds is 3. The van der Waals surface area contributed by atoms with Crippen LogP contribution in [0.4, 0.5) is 0 Å². The monoisotopic (exact) mass is 325 g/mol. The summed E-state index contributed by atoms with van der Waals surface area (Å²) in [6.07, 6.45) is 3.32. The van der Waals surface area contributed by atoms with Gasteiger partial charge in [-0.05, 0) is 37.8 Å². The fourth-order valence-electron chi connectivity index (χ4n) is 3.69. The molecular formula is C18H19N3O3. The molecule has 0 spiro atoms. The topological polar surface area (TPSA) is 75.4 Å². The van der Waals surface area contributed by atoms with Crippen molar-refractivity contribution in [2.45, 2.75) is 25.7 Å². The summed E-state index contributed by atoms with van der Waals surface area (Å²) in [6.45, 7) is 0.768. The molecule has 1 aliphatic heterocycles. The van der Waals surface area contributed by atoms with Crippen LogP contribution in [-0.2, 0) is 17.6 Å². The normalized spacial score (nSPS) is 19.5. The molecule has 2 heterocycles. The maximum Gasteiger partial charge on any atom is 0.308 e. The molecule has 6 nitrogen and oxygen atoms in total. The average molecular weight is 325 g/mol. The van der Waals surface area contributed by atoms with Crippen molar-refractivity contribution in [3.8, 4) is 5.69 Å². The van der Waals surface area contributed by atoms with Gasteiger partial charge in [0, 0.05) is 24.3 Å². The molecule has 0 radical (unpaired) electrons. The highest BCUT2D eigenvalue weighted by Crippen LogP contribution is 2.29. The number of carboxylic acid groups (broad SMARTS) is 1. The molecule has 2 aromatic rings. The third-order valence-electron chi connectivity index (χ3n) is 4.96. The van der Waals surface area contributed by atoms with Crippen molar-refractivity contribution in [3.05, 3.63) is 47.3 Å². The standard InChI is InChI=1S/C18H19N3O3/c22-17(20-10-9-12(11-20)18(23)24)16-14-7-4-8-15(14)21(19-16)13-5-2-1-3-6-13/h1-3,5-6,12H,4,7-11H2,(H,23,24). The lowest BCUT2D eigenvalue weighted by Crippen LogP contribution is -2.31. The summed E-state index contributed by atoms with van der Waals surface area (Å²) < 4.78 is 1.88. The van der Waals surface area contributed by atoms with Crippen LogP contribution in [0.3, 0.4) is 0 Å². The Kier molecular flexibility index (Phi) is 3.59. The summed E-state index contributed by atoms with van der Waals surface area (Å²) in [7, 11) is 0. The van der Waals surface area contributed by atoms with Crippen LogP contribution < -0.4 is 0 Å². The molecule has 1 atom stereocenters. The molecule has 1 unspecified atom stereocenters. The Morgan fingerprint density at radius 2 is 1.96 bits per heavy atom. The minimum absolute atomic E-state index is 0.133. The van der Waals surface area contributed by atoms with Crippen molar-refractivity contribution >= 4 is 11.9 Å². The van der Waals surface area contributed by atoms with Gasteiger partial charge in [-0.25, -0.2) is 4.68 Å². The zero-order valence-electron chi connectivity index (χ0n) is 13.3. The number of hydrogen-bond donors (Lipinski definition) is 1. The van der Waals surface area contributed by atoms with Crippen molar-refractivity contribution in [3.63, 3.8) is 0 Å². The van der Waals surface area contributed by atoms with E-state index in [1.54, 1.807) is 4.90 Å². The lowest BCUT2D eigenvalue weighted by atomic mass is 10.1. The Morgan fingerprint density at radius 1 is 1.17 bits per heavy atom. The predicted molar refractivity (Wildman–Crippen MR) is 87.2 cm³/mol. The van der Waals surface area contributed by atoms with E-state index in [1.807, 2.05) is 35.0 Å². The van der Waals surface area contributed by atoms with Crippen molar-refractivity contribution in [1.29, 1.82) is 0 Å². The van der Waals surface area contributed by atoms with Gasteiger partial charge in [0.15, 0.2) is 5.69 Å². The fraction of sp³-hybridized carbons (Fsp3) is 0.389. The van der Waals surface area contributed by atoms with Crippen molar-refractivity contribution in [2.75, 3.05) is 13.1 Å². The van der Waals surface area contributed by atoms with Gasteiger partial charge < -0.3 is 10.0 Å². The Bertz CT molecular complexity index is 797. The first-order chi connectivity index (χ1) is 11.6. The summed E-state index contributed by atoms with van der Waals surface area (Å²) in [5.74, 6) is -1.42. The zero-order chi connectivity index (χ0) is 16.7. The van der Waals surface area contributed by atoms with Gasteiger partial charge in [-0.2, -0.15) is 5.10 Å². The average Bonchev–Trinajstić information content (AvgIpc) is 3.31. The molecule has 6 heteroatoms. The summed E-state index contributed by atoms with van der Waals surface area (Å²) in [5.41, 5.74) is 3.60. The Morgan fingerprint density at radius 3 is 2.67 bits per heavy atom. The number of carbonyl (C=O) groups is 2. The summed E-state index contributed by atoms with van der Waals surface area (Å²) in [5, 5.41) is 13.7. The molecule has 0 bridgehead atoms. The summed E-state index contributed by atoms with van der Waals surface area (Å²) in [6, 6.07) is 9.83. The number of nitrogens with zero attached hydrogens (tertiary/aromatic N) is 3. The van der Waals surface area contributed by atoms with Gasteiger partial charge in [0.05, 0.1) is 11.6 Å². The van der Waals surface area contributed by atoms with E-state index in [1.165, 1.54) is 0 Å². The van der Waals surface area contributed by atoms with Crippen LogP contribution in [-0.4, -0.2) is 44.8 Å². The second-order valence-corrected chi connectivity index (χ2v) is 6.45. The van der Waals surface area contributed by atoms with E-state index >= 15 is 0 Å². The second kappa shape index (κ2) is 5.78. The van der Waals surface area contributed by atoms with Gasteiger partial charge in [-0.1, -0.05) is 18.2 Å². The van der Waals surface area contributed by atoms with E-state index in [0.29, 0.717) is 18.7 Å². The number of aliphatic carboxylic acids is 1. The van der Waals surface area contributed by atoms with E-state index in [4.69, 9.17) is 5.11 Å². The molecule has 1 amide bonds. The Balaban J connectivity index is 1.67. The van der Waals surface area contributed by atoms with Crippen LogP contribution >= 0.6 is 0 Å². The van der Waals surface area contributed by atoms with E-state index in [-0.39, 0.29) is 12.5 Å². The van der Waals surface area contributed by atoms with Gasteiger partial charge >= 0.3 is 5.97 Å².